The van der Waals surface area contributed by atoms with Gasteiger partial charge in [0.1, 0.15) is 5.82 Å². The molecule has 1 amide bonds. The van der Waals surface area contributed by atoms with Crippen LogP contribution in [0.3, 0.4) is 0 Å². The van der Waals surface area contributed by atoms with Crippen LogP contribution < -0.4 is 10.1 Å². The average molecular weight is 346 g/mol. The number of anilines is 1. The fourth-order valence-electron chi connectivity index (χ4n) is 3.72. The van der Waals surface area contributed by atoms with Gasteiger partial charge in [-0.25, -0.2) is 4.68 Å². The Morgan fingerprint density at radius 2 is 2.08 bits per heavy atom. The van der Waals surface area contributed by atoms with E-state index in [9.17, 15) is 4.79 Å². The Labute approximate surface area is 147 Å². The molecule has 0 bridgehead atoms. The number of carbonyl (C=O) groups is 1. The summed E-state index contributed by atoms with van der Waals surface area (Å²) >= 11 is 0. The number of hydrogen-bond donors (Lipinski definition) is 1. The molecular weight excluding hydrogens is 320 g/mol. The lowest BCUT2D eigenvalue weighted by Crippen LogP contribution is -2.33. The van der Waals surface area contributed by atoms with Gasteiger partial charge in [-0.1, -0.05) is 0 Å². The molecule has 2 aromatic heterocycles. The van der Waals surface area contributed by atoms with Crippen molar-refractivity contribution in [1.29, 1.82) is 0 Å². The van der Waals surface area contributed by atoms with E-state index in [0.717, 1.165) is 42.2 Å². The zero-order valence-corrected chi connectivity index (χ0v) is 15.5. The molecular formula is C17H26N6O2. The number of nitrogens with one attached hydrogen (secondary N) is 1. The zero-order valence-electron chi connectivity index (χ0n) is 15.5. The molecule has 3 heterocycles. The number of hydrogen-bond acceptors (Lipinski definition) is 5. The number of likely N-dealkylation sites (tertiary alicyclic amines) is 1. The van der Waals surface area contributed by atoms with E-state index in [1.807, 2.05) is 34.0 Å². The summed E-state index contributed by atoms with van der Waals surface area (Å²) < 4.78 is 8.99. The van der Waals surface area contributed by atoms with Crippen LogP contribution in [0.5, 0.6) is 5.88 Å². The lowest BCUT2D eigenvalue weighted by atomic mass is 10.1. The van der Waals surface area contributed by atoms with E-state index in [-0.39, 0.29) is 11.9 Å². The third-order valence-electron chi connectivity index (χ3n) is 4.72. The molecule has 1 aliphatic heterocycles. The van der Waals surface area contributed by atoms with Crippen molar-refractivity contribution in [3.63, 3.8) is 0 Å². The van der Waals surface area contributed by atoms with Crippen molar-refractivity contribution in [2.75, 3.05) is 25.5 Å². The monoisotopic (exact) mass is 346 g/mol. The number of nitrogens with zero attached hydrogens (tertiary/aromatic N) is 5. The van der Waals surface area contributed by atoms with Gasteiger partial charge >= 0.3 is 0 Å². The molecule has 0 saturated carbocycles. The summed E-state index contributed by atoms with van der Waals surface area (Å²) in [4.78, 5) is 14.7. The summed E-state index contributed by atoms with van der Waals surface area (Å²) in [5, 5.41) is 11.7. The van der Waals surface area contributed by atoms with Gasteiger partial charge in [0.15, 0.2) is 0 Å². The van der Waals surface area contributed by atoms with Crippen LogP contribution in [0.2, 0.25) is 0 Å². The maximum atomic E-state index is 12.5. The van der Waals surface area contributed by atoms with E-state index in [2.05, 4.69) is 20.4 Å². The fourth-order valence-corrected chi connectivity index (χ4v) is 3.72. The highest BCUT2D eigenvalue weighted by Crippen LogP contribution is 2.38. The molecule has 2 aromatic rings. The molecule has 1 aliphatic rings. The predicted molar refractivity (Wildman–Crippen MR) is 94.6 cm³/mol. The highest BCUT2D eigenvalue weighted by atomic mass is 16.5. The molecule has 1 N–H and O–H groups in total. The van der Waals surface area contributed by atoms with Crippen molar-refractivity contribution >= 4 is 11.7 Å². The molecule has 25 heavy (non-hydrogen) atoms. The van der Waals surface area contributed by atoms with E-state index in [1.54, 1.807) is 16.5 Å². The van der Waals surface area contributed by atoms with E-state index in [4.69, 9.17) is 4.74 Å². The van der Waals surface area contributed by atoms with Crippen molar-refractivity contribution < 1.29 is 9.53 Å². The number of methoxy groups -OCH3 is 1. The summed E-state index contributed by atoms with van der Waals surface area (Å²) in [6.07, 6.45) is 2.06. The largest absolute Gasteiger partial charge is 0.481 e. The Hall–Kier alpha value is -2.35. The van der Waals surface area contributed by atoms with Gasteiger partial charge in [-0.15, -0.1) is 0 Å². The van der Waals surface area contributed by atoms with Gasteiger partial charge in [-0.2, -0.15) is 10.2 Å². The molecule has 1 fully saturated rings. The number of ether oxygens (including phenoxy) is 1. The maximum Gasteiger partial charge on any atom is 0.239 e. The lowest BCUT2D eigenvalue weighted by Gasteiger charge is -2.24. The SMILES string of the molecule is COc1c(C2CCCN2CC(=O)Nc2cc(C)nn2C)c(C)nn1C. The van der Waals surface area contributed by atoms with Crippen molar-refractivity contribution in [3.8, 4) is 5.88 Å². The van der Waals surface area contributed by atoms with Crippen LogP contribution in [0.15, 0.2) is 6.07 Å². The number of aryl methyl sites for hydroxylation is 4. The smallest absolute Gasteiger partial charge is 0.239 e. The second-order valence-corrected chi connectivity index (χ2v) is 6.60. The average Bonchev–Trinajstić information content (AvgIpc) is 3.17. The normalized spacial score (nSPS) is 17.9. The third-order valence-corrected chi connectivity index (χ3v) is 4.72. The minimum absolute atomic E-state index is 0.0320. The van der Waals surface area contributed by atoms with Crippen LogP contribution in [0.25, 0.3) is 0 Å². The molecule has 0 spiro atoms. The van der Waals surface area contributed by atoms with Crippen molar-refractivity contribution in [2.45, 2.75) is 32.7 Å². The van der Waals surface area contributed by atoms with Crippen LogP contribution in [0.4, 0.5) is 5.82 Å². The quantitative estimate of drug-likeness (QED) is 0.889. The fraction of sp³-hybridized carbons (Fsp3) is 0.588. The first-order valence-corrected chi connectivity index (χ1v) is 8.52. The number of aromatic nitrogens is 4. The van der Waals surface area contributed by atoms with E-state index in [1.165, 1.54) is 0 Å². The summed E-state index contributed by atoms with van der Waals surface area (Å²) in [6, 6.07) is 2.02. The molecule has 136 valence electrons. The first-order valence-electron chi connectivity index (χ1n) is 8.52. The summed E-state index contributed by atoms with van der Waals surface area (Å²) in [6.45, 7) is 5.13. The minimum Gasteiger partial charge on any atom is -0.481 e. The predicted octanol–water partition coefficient (Wildman–Crippen LogP) is 1.55. The molecule has 0 radical (unpaired) electrons. The van der Waals surface area contributed by atoms with Crippen molar-refractivity contribution in [1.82, 2.24) is 24.5 Å². The Morgan fingerprint density at radius 3 is 2.72 bits per heavy atom. The van der Waals surface area contributed by atoms with Crippen molar-refractivity contribution in [2.24, 2.45) is 14.1 Å². The van der Waals surface area contributed by atoms with Crippen LogP contribution in [-0.2, 0) is 18.9 Å². The topological polar surface area (TPSA) is 77.2 Å². The molecule has 1 atom stereocenters. The van der Waals surface area contributed by atoms with Crippen molar-refractivity contribution in [3.05, 3.63) is 23.0 Å². The number of amides is 1. The van der Waals surface area contributed by atoms with Gasteiger partial charge in [-0.05, 0) is 33.2 Å². The maximum absolute atomic E-state index is 12.5. The molecule has 0 aliphatic carbocycles. The Kier molecular flexibility index (Phi) is 4.80. The first-order chi connectivity index (χ1) is 11.9. The summed E-state index contributed by atoms with van der Waals surface area (Å²) in [7, 11) is 5.37. The van der Waals surface area contributed by atoms with Gasteiger partial charge in [-0.3, -0.25) is 14.4 Å². The molecule has 8 heteroatoms. The number of rotatable bonds is 5. The van der Waals surface area contributed by atoms with Crippen LogP contribution in [0.1, 0.15) is 35.8 Å². The van der Waals surface area contributed by atoms with Gasteiger partial charge < -0.3 is 10.1 Å². The minimum atomic E-state index is -0.0320. The van der Waals surface area contributed by atoms with Crippen LogP contribution in [-0.4, -0.2) is 50.6 Å². The van der Waals surface area contributed by atoms with Crippen LogP contribution in [0, 0.1) is 13.8 Å². The molecule has 1 saturated heterocycles. The standard InChI is InChI=1S/C17H26N6O2/c1-11-9-14(21(3)19-11)18-15(24)10-23-8-6-7-13(23)16-12(2)20-22(4)17(16)25-5/h9,13H,6-8,10H2,1-5H3,(H,18,24). The number of carbonyl (C=O) groups excluding carboxylic acids is 1. The molecule has 8 nitrogen and oxygen atoms in total. The van der Waals surface area contributed by atoms with Gasteiger partial charge in [0.05, 0.1) is 30.6 Å². The van der Waals surface area contributed by atoms with E-state index in [0.29, 0.717) is 12.4 Å². The third kappa shape index (κ3) is 3.39. The second kappa shape index (κ2) is 6.87. The molecule has 1 unspecified atom stereocenters. The summed E-state index contributed by atoms with van der Waals surface area (Å²) in [5.74, 6) is 1.46. The molecule has 3 rings (SSSR count). The second-order valence-electron chi connectivity index (χ2n) is 6.60. The first kappa shape index (κ1) is 17.5. The zero-order chi connectivity index (χ0) is 18.1. The highest BCUT2D eigenvalue weighted by molar-refractivity contribution is 5.91. The molecule has 0 aromatic carbocycles. The van der Waals surface area contributed by atoms with E-state index < -0.39 is 0 Å². The highest BCUT2D eigenvalue weighted by Gasteiger charge is 2.33. The Morgan fingerprint density at radius 1 is 1.32 bits per heavy atom. The van der Waals surface area contributed by atoms with Gasteiger partial charge in [0.2, 0.25) is 11.8 Å². The van der Waals surface area contributed by atoms with E-state index >= 15 is 0 Å². The van der Waals surface area contributed by atoms with Gasteiger partial charge in [0, 0.05) is 26.2 Å². The Bertz CT molecular complexity index is 778. The summed E-state index contributed by atoms with van der Waals surface area (Å²) in [5.41, 5.74) is 2.93. The van der Waals surface area contributed by atoms with Crippen LogP contribution >= 0.6 is 0 Å². The lowest BCUT2D eigenvalue weighted by molar-refractivity contribution is -0.117. The Balaban J connectivity index is 1.74. The van der Waals surface area contributed by atoms with Gasteiger partial charge in [0.25, 0.3) is 0 Å².